The molecule has 106 valence electrons. The van der Waals surface area contributed by atoms with Gasteiger partial charge in [-0.1, -0.05) is 12.1 Å². The van der Waals surface area contributed by atoms with Crippen LogP contribution in [0.4, 0.5) is 5.69 Å². The summed E-state index contributed by atoms with van der Waals surface area (Å²) in [6, 6.07) is 6.56. The Labute approximate surface area is 117 Å². The minimum atomic E-state index is -1.01. The maximum atomic E-state index is 10.7. The van der Waals surface area contributed by atoms with E-state index in [1.807, 2.05) is 29.2 Å². The van der Waals surface area contributed by atoms with Crippen LogP contribution in [-0.4, -0.2) is 47.8 Å². The van der Waals surface area contributed by atoms with Crippen molar-refractivity contribution in [3.05, 3.63) is 29.8 Å². The molecule has 1 aromatic rings. The molecule has 0 aliphatic heterocycles. The normalized spacial score (nSPS) is 12.2. The number of halogens is 1. The van der Waals surface area contributed by atoms with Crippen molar-refractivity contribution in [3.63, 3.8) is 0 Å². The molecule has 0 radical (unpaired) electrons. The van der Waals surface area contributed by atoms with E-state index in [9.17, 15) is 4.79 Å². The van der Waals surface area contributed by atoms with Crippen molar-refractivity contribution in [2.24, 2.45) is 5.73 Å². The minimum absolute atomic E-state index is 0.0581. The molecule has 1 aromatic carbocycles. The van der Waals surface area contributed by atoms with Crippen LogP contribution in [-0.2, 0) is 11.2 Å². The van der Waals surface area contributed by atoms with Gasteiger partial charge in [0.1, 0.15) is 6.04 Å². The van der Waals surface area contributed by atoms with Gasteiger partial charge in [-0.3, -0.25) is 4.79 Å². The van der Waals surface area contributed by atoms with E-state index in [2.05, 4.69) is 0 Å². The minimum Gasteiger partial charge on any atom is -0.480 e. The van der Waals surface area contributed by atoms with Gasteiger partial charge in [0.15, 0.2) is 0 Å². The van der Waals surface area contributed by atoms with Crippen LogP contribution in [0.1, 0.15) is 5.56 Å². The highest BCUT2D eigenvalue weighted by atomic mass is 35.5. The van der Waals surface area contributed by atoms with Gasteiger partial charge < -0.3 is 20.8 Å². The lowest BCUT2D eigenvalue weighted by molar-refractivity contribution is -0.138. The van der Waals surface area contributed by atoms with Crippen LogP contribution in [0.3, 0.4) is 0 Å². The van der Waals surface area contributed by atoms with Gasteiger partial charge in [0.2, 0.25) is 0 Å². The summed E-state index contributed by atoms with van der Waals surface area (Å²) < 4.78 is 0. The number of rotatable bonds is 8. The number of aliphatic hydroxyl groups is 1. The largest absolute Gasteiger partial charge is 0.480 e. The number of nitrogens with zero attached hydrogens (tertiary/aromatic N) is 1. The highest BCUT2D eigenvalue weighted by Gasteiger charge is 2.12. The van der Waals surface area contributed by atoms with Crippen molar-refractivity contribution in [3.8, 4) is 0 Å². The van der Waals surface area contributed by atoms with E-state index in [1.165, 1.54) is 0 Å². The van der Waals surface area contributed by atoms with E-state index in [0.29, 0.717) is 25.4 Å². The number of hydrogen-bond acceptors (Lipinski definition) is 4. The molecular weight excluding hydrogens is 268 g/mol. The van der Waals surface area contributed by atoms with Crippen LogP contribution < -0.4 is 10.6 Å². The second-order valence-electron chi connectivity index (χ2n) is 4.21. The summed E-state index contributed by atoms with van der Waals surface area (Å²) in [5, 5.41) is 17.7. The van der Waals surface area contributed by atoms with Crippen molar-refractivity contribution in [2.45, 2.75) is 12.5 Å². The lowest BCUT2D eigenvalue weighted by atomic mass is 10.1. The Hall–Kier alpha value is -1.30. The smallest absolute Gasteiger partial charge is 0.320 e. The Morgan fingerprint density at radius 2 is 1.95 bits per heavy atom. The van der Waals surface area contributed by atoms with Gasteiger partial charge in [-0.2, -0.15) is 0 Å². The number of benzene rings is 1. The number of carboxylic acids is 1. The summed E-state index contributed by atoms with van der Waals surface area (Å²) in [4.78, 5) is 12.6. The molecule has 0 aliphatic carbocycles. The molecule has 0 saturated heterocycles. The summed E-state index contributed by atoms with van der Waals surface area (Å²) >= 11 is 5.71. The van der Waals surface area contributed by atoms with E-state index in [-0.39, 0.29) is 6.61 Å². The molecule has 0 aromatic heterocycles. The summed E-state index contributed by atoms with van der Waals surface area (Å²) in [5.41, 5.74) is 7.30. The zero-order chi connectivity index (χ0) is 14.3. The Balaban J connectivity index is 2.71. The fourth-order valence-corrected chi connectivity index (χ4v) is 1.98. The summed E-state index contributed by atoms with van der Waals surface area (Å²) in [6.07, 6.45) is 0.297. The Morgan fingerprint density at radius 1 is 1.32 bits per heavy atom. The first kappa shape index (κ1) is 15.8. The molecule has 5 nitrogen and oxygen atoms in total. The number of aliphatic hydroxyl groups excluding tert-OH is 1. The third-order valence-corrected chi connectivity index (χ3v) is 2.97. The lowest BCUT2D eigenvalue weighted by Crippen LogP contribution is -2.32. The summed E-state index contributed by atoms with van der Waals surface area (Å²) in [5.74, 6) is -0.529. The summed E-state index contributed by atoms with van der Waals surface area (Å²) in [7, 11) is 0. The first-order valence-corrected chi connectivity index (χ1v) is 6.61. The molecule has 0 unspecified atom stereocenters. The number of anilines is 1. The number of alkyl halides is 1. The van der Waals surface area contributed by atoms with Gasteiger partial charge in [0.05, 0.1) is 6.61 Å². The van der Waals surface area contributed by atoms with Crippen molar-refractivity contribution in [1.82, 2.24) is 0 Å². The Morgan fingerprint density at radius 3 is 2.42 bits per heavy atom. The molecule has 0 heterocycles. The van der Waals surface area contributed by atoms with E-state index >= 15 is 0 Å². The van der Waals surface area contributed by atoms with E-state index in [0.717, 1.165) is 11.3 Å². The zero-order valence-electron chi connectivity index (χ0n) is 10.6. The molecule has 0 spiro atoms. The monoisotopic (exact) mass is 286 g/mol. The number of carboxylic acid groups (broad SMARTS) is 1. The third-order valence-electron chi connectivity index (χ3n) is 2.80. The van der Waals surface area contributed by atoms with Crippen LogP contribution in [0.25, 0.3) is 0 Å². The average Bonchev–Trinajstić information content (AvgIpc) is 2.39. The zero-order valence-corrected chi connectivity index (χ0v) is 11.4. The molecule has 4 N–H and O–H groups in total. The number of aliphatic carboxylic acids is 1. The highest BCUT2D eigenvalue weighted by molar-refractivity contribution is 6.18. The highest BCUT2D eigenvalue weighted by Crippen LogP contribution is 2.16. The fourth-order valence-electron chi connectivity index (χ4n) is 1.78. The van der Waals surface area contributed by atoms with Gasteiger partial charge in [0, 0.05) is 24.7 Å². The fraction of sp³-hybridized carbons (Fsp3) is 0.462. The van der Waals surface area contributed by atoms with Gasteiger partial charge in [-0.25, -0.2) is 0 Å². The predicted molar refractivity (Wildman–Crippen MR) is 75.8 cm³/mol. The van der Waals surface area contributed by atoms with Crippen molar-refractivity contribution >= 4 is 23.3 Å². The predicted octanol–water partition coefficient (Wildman–Crippen LogP) is 0.678. The molecular formula is C13H19ClN2O3. The summed E-state index contributed by atoms with van der Waals surface area (Å²) in [6.45, 7) is 1.22. The molecule has 0 fully saturated rings. The van der Waals surface area contributed by atoms with Crippen LogP contribution in [0.15, 0.2) is 24.3 Å². The van der Waals surface area contributed by atoms with E-state index in [1.54, 1.807) is 0 Å². The van der Waals surface area contributed by atoms with Crippen molar-refractivity contribution in [1.29, 1.82) is 0 Å². The molecule has 0 aliphatic rings. The molecule has 6 heteroatoms. The standard InChI is InChI=1S/C13H19ClN2O3/c14-5-6-16(7-8-17)11-3-1-10(2-4-11)9-12(15)13(18)19/h1-4,12,17H,5-9,15H2,(H,18,19)/t12-/m0/s1. The number of carbonyl (C=O) groups is 1. The van der Waals surface area contributed by atoms with Gasteiger partial charge in [-0.05, 0) is 24.1 Å². The molecule has 19 heavy (non-hydrogen) atoms. The maximum absolute atomic E-state index is 10.7. The topological polar surface area (TPSA) is 86.8 Å². The molecule has 1 rings (SSSR count). The van der Waals surface area contributed by atoms with Gasteiger partial charge >= 0.3 is 5.97 Å². The maximum Gasteiger partial charge on any atom is 0.320 e. The van der Waals surface area contributed by atoms with Gasteiger partial charge in [0.25, 0.3) is 0 Å². The van der Waals surface area contributed by atoms with Crippen LogP contribution >= 0.6 is 11.6 Å². The second-order valence-corrected chi connectivity index (χ2v) is 4.59. The quantitative estimate of drug-likeness (QED) is 0.612. The van der Waals surface area contributed by atoms with Crippen molar-refractivity contribution in [2.75, 3.05) is 30.5 Å². The lowest BCUT2D eigenvalue weighted by Gasteiger charge is -2.23. The second kappa shape index (κ2) is 7.99. The number of nitrogens with two attached hydrogens (primary N) is 1. The molecule has 1 atom stereocenters. The first-order chi connectivity index (χ1) is 9.08. The average molecular weight is 287 g/mol. The molecule has 0 amide bonds. The van der Waals surface area contributed by atoms with Crippen molar-refractivity contribution < 1.29 is 15.0 Å². The van der Waals surface area contributed by atoms with Crippen LogP contribution in [0.2, 0.25) is 0 Å². The first-order valence-electron chi connectivity index (χ1n) is 6.07. The van der Waals surface area contributed by atoms with Gasteiger partial charge in [-0.15, -0.1) is 11.6 Å². The Bertz CT molecular complexity index is 391. The van der Waals surface area contributed by atoms with Crippen LogP contribution in [0.5, 0.6) is 0 Å². The molecule has 0 saturated carbocycles. The van der Waals surface area contributed by atoms with E-state index in [4.69, 9.17) is 27.5 Å². The van der Waals surface area contributed by atoms with E-state index < -0.39 is 12.0 Å². The SMILES string of the molecule is N[C@@H](Cc1ccc(N(CCO)CCCl)cc1)C(=O)O. The molecule has 0 bridgehead atoms. The number of hydrogen-bond donors (Lipinski definition) is 3. The third kappa shape index (κ3) is 5.06. The van der Waals surface area contributed by atoms with Crippen LogP contribution in [0, 0.1) is 0 Å². The Kier molecular flexibility index (Phi) is 6.62.